The van der Waals surface area contributed by atoms with Crippen LogP contribution < -0.4 is 10.1 Å². The maximum atomic E-state index is 13.0. The zero-order valence-corrected chi connectivity index (χ0v) is 17.4. The van der Waals surface area contributed by atoms with Crippen LogP contribution in [0.5, 0.6) is 5.75 Å². The minimum absolute atomic E-state index is 0.0242. The van der Waals surface area contributed by atoms with Gasteiger partial charge in [0.25, 0.3) is 0 Å². The summed E-state index contributed by atoms with van der Waals surface area (Å²) < 4.78 is 31.8. The van der Waals surface area contributed by atoms with Crippen LogP contribution in [0.2, 0.25) is 0 Å². The molecule has 0 radical (unpaired) electrons. The van der Waals surface area contributed by atoms with Crippen LogP contribution in [0.3, 0.4) is 0 Å². The molecule has 1 aromatic heterocycles. The summed E-state index contributed by atoms with van der Waals surface area (Å²) >= 11 is 0. The van der Waals surface area contributed by atoms with E-state index in [0.29, 0.717) is 17.6 Å². The zero-order chi connectivity index (χ0) is 22.0. The molecule has 1 aliphatic rings. The van der Waals surface area contributed by atoms with Gasteiger partial charge in [0.15, 0.2) is 0 Å². The number of para-hydroxylation sites is 1. The molecule has 1 N–H and O–H groups in total. The average Bonchev–Trinajstić information content (AvgIpc) is 3.14. The number of nitrogens with one attached hydrogen (secondary N) is 1. The summed E-state index contributed by atoms with van der Waals surface area (Å²) in [7, 11) is 1.30. The van der Waals surface area contributed by atoms with Crippen molar-refractivity contribution < 1.29 is 23.1 Å². The Labute approximate surface area is 179 Å². The maximum Gasteiger partial charge on any atom is 0.408 e. The van der Waals surface area contributed by atoms with Crippen molar-refractivity contribution in [3.63, 3.8) is 0 Å². The number of hydrogen-bond donors (Lipinski definition) is 1. The number of halogens is 2. The quantitative estimate of drug-likeness (QED) is 0.410. The van der Waals surface area contributed by atoms with Crippen LogP contribution in [-0.2, 0) is 4.79 Å². The Balaban J connectivity index is 1.64. The summed E-state index contributed by atoms with van der Waals surface area (Å²) in [5.41, 5.74) is 2.80. The molecule has 0 saturated carbocycles. The number of anilines is 1. The van der Waals surface area contributed by atoms with Crippen molar-refractivity contribution in [1.29, 1.82) is 0 Å². The van der Waals surface area contributed by atoms with Gasteiger partial charge in [0.1, 0.15) is 12.0 Å². The fraction of sp³-hybridized carbons (Fsp3) is 0.130. The summed E-state index contributed by atoms with van der Waals surface area (Å²) in [6.07, 6.45) is 8.99. The molecule has 158 valence electrons. The van der Waals surface area contributed by atoms with Gasteiger partial charge in [0, 0.05) is 28.8 Å². The predicted molar refractivity (Wildman–Crippen MR) is 119 cm³/mol. The van der Waals surface area contributed by atoms with Gasteiger partial charge >= 0.3 is 11.9 Å². The summed E-state index contributed by atoms with van der Waals surface area (Å²) in [6.45, 7) is 0. The van der Waals surface area contributed by atoms with Gasteiger partial charge in [-0.25, -0.2) is 4.79 Å². The van der Waals surface area contributed by atoms with Crippen molar-refractivity contribution in [2.75, 3.05) is 5.32 Å². The van der Waals surface area contributed by atoms with E-state index in [1.54, 1.807) is 6.20 Å². The number of carbonyl (C=O) groups is 2. The number of carbonyl (C=O) groups excluding carboxylic acids is 2. The molecule has 0 spiro atoms. The number of rotatable bonds is 5. The first-order valence-electron chi connectivity index (χ1n) is 9.55. The molecule has 3 aromatic rings. The largest absolute Gasteiger partial charge is 0.430 e. The van der Waals surface area contributed by atoms with Crippen LogP contribution in [0, 0.1) is 5.92 Å². The van der Waals surface area contributed by atoms with E-state index in [-0.39, 0.29) is 11.7 Å². The second-order valence-corrected chi connectivity index (χ2v) is 7.75. The Morgan fingerprint density at radius 2 is 1.94 bits per heavy atom. The fourth-order valence-corrected chi connectivity index (χ4v) is 3.73. The third kappa shape index (κ3) is 4.57. The smallest absolute Gasteiger partial charge is 0.408 e. The first-order valence-corrected chi connectivity index (χ1v) is 10.1. The van der Waals surface area contributed by atoms with E-state index < -0.39 is 11.9 Å². The second-order valence-electron chi connectivity index (χ2n) is 7.08. The van der Waals surface area contributed by atoms with Gasteiger partial charge in [0.2, 0.25) is 0 Å². The van der Waals surface area contributed by atoms with E-state index in [9.17, 15) is 18.4 Å². The van der Waals surface area contributed by atoms with E-state index in [1.165, 1.54) is 38.1 Å². The number of allylic oxidation sites excluding steroid dienone is 4. The number of alkyl halides is 2. The lowest BCUT2D eigenvalue weighted by atomic mass is 9.87. The minimum Gasteiger partial charge on any atom is -0.430 e. The summed E-state index contributed by atoms with van der Waals surface area (Å²) in [4.78, 5) is 24.5. The predicted octanol–water partition coefficient (Wildman–Crippen LogP) is 5.68. The monoisotopic (exact) mass is 440 g/mol. The van der Waals surface area contributed by atoms with E-state index in [4.69, 9.17) is 0 Å². The highest BCUT2D eigenvalue weighted by Crippen LogP contribution is 2.34. The van der Waals surface area contributed by atoms with Crippen LogP contribution in [0.15, 0.2) is 73.0 Å². The number of amides is 1. The summed E-state index contributed by atoms with van der Waals surface area (Å²) in [5.74, 6) is -3.66. The number of ether oxygens (including phenoxy) is 1. The van der Waals surface area contributed by atoms with Crippen molar-refractivity contribution in [1.82, 2.24) is 4.57 Å². The van der Waals surface area contributed by atoms with Crippen molar-refractivity contribution in [3.8, 4) is 5.75 Å². The van der Waals surface area contributed by atoms with Crippen LogP contribution in [0.25, 0.3) is 16.5 Å². The molecule has 31 heavy (non-hydrogen) atoms. The molecule has 8 heteroatoms. The van der Waals surface area contributed by atoms with Crippen molar-refractivity contribution in [3.05, 3.63) is 78.5 Å². The van der Waals surface area contributed by atoms with Gasteiger partial charge in [-0.2, -0.15) is 8.78 Å². The summed E-state index contributed by atoms with van der Waals surface area (Å²) in [5, 5.41) is 3.61. The summed E-state index contributed by atoms with van der Waals surface area (Å²) in [6, 6.07) is 12.7. The first-order chi connectivity index (χ1) is 14.9. The average molecular weight is 440 g/mol. The SMILES string of the molecule is O=CC1CC=CC=C1c1cn(C(=O)Nc2ccc(OC(F)(F)P)cc2)c2ccccc12. The second kappa shape index (κ2) is 8.44. The number of fused-ring (bicyclic) bond motifs is 1. The lowest BCUT2D eigenvalue weighted by molar-refractivity contribution is -0.109. The van der Waals surface area contributed by atoms with E-state index in [2.05, 4.69) is 10.1 Å². The van der Waals surface area contributed by atoms with Gasteiger partial charge in [-0.1, -0.05) is 36.4 Å². The van der Waals surface area contributed by atoms with Crippen molar-refractivity contribution in [2.24, 2.45) is 5.92 Å². The molecule has 0 aliphatic heterocycles. The van der Waals surface area contributed by atoms with E-state index >= 15 is 0 Å². The maximum absolute atomic E-state index is 13.0. The fourth-order valence-electron chi connectivity index (χ4n) is 3.59. The molecule has 4 rings (SSSR count). The molecule has 1 amide bonds. The number of benzene rings is 2. The molecule has 0 saturated heterocycles. The molecule has 2 aromatic carbocycles. The van der Waals surface area contributed by atoms with Gasteiger partial charge in [-0.05, 0) is 51.6 Å². The number of nitrogens with zero attached hydrogens (tertiary/aromatic N) is 1. The lowest BCUT2D eigenvalue weighted by Crippen LogP contribution is -2.18. The van der Waals surface area contributed by atoms with Gasteiger partial charge < -0.3 is 14.8 Å². The topological polar surface area (TPSA) is 60.3 Å². The molecule has 1 heterocycles. The third-order valence-corrected chi connectivity index (χ3v) is 5.08. The highest BCUT2D eigenvalue weighted by Gasteiger charge is 2.24. The lowest BCUT2D eigenvalue weighted by Gasteiger charge is -2.15. The van der Waals surface area contributed by atoms with Gasteiger partial charge in [-0.15, -0.1) is 0 Å². The molecule has 5 nitrogen and oxygen atoms in total. The Bertz CT molecular complexity index is 1190. The molecule has 0 fully saturated rings. The Morgan fingerprint density at radius 1 is 1.19 bits per heavy atom. The molecular weight excluding hydrogens is 421 g/mol. The number of aromatic nitrogens is 1. The standard InChI is InChI=1S/C23H19F2N2O3P/c24-23(25,31)30-17-11-9-16(10-12-17)26-22(29)27-13-20(19-7-3-4-8-21(19)27)18-6-2-1-5-15(18)14-28/h1-4,6-15H,5,31H2,(H,26,29). The number of hydrogen-bond acceptors (Lipinski definition) is 3. The molecule has 1 aliphatic carbocycles. The van der Waals surface area contributed by atoms with Crippen LogP contribution in [0.4, 0.5) is 19.3 Å². The van der Waals surface area contributed by atoms with Crippen LogP contribution in [0.1, 0.15) is 12.0 Å². The normalized spacial score (nSPS) is 16.1. The van der Waals surface area contributed by atoms with Crippen molar-refractivity contribution in [2.45, 2.75) is 12.3 Å². The van der Waals surface area contributed by atoms with E-state index in [0.717, 1.165) is 22.8 Å². The molecule has 0 bridgehead atoms. The third-order valence-electron chi connectivity index (χ3n) is 4.97. The first kappa shape index (κ1) is 20.9. The van der Waals surface area contributed by atoms with Crippen LogP contribution >= 0.6 is 9.24 Å². The van der Waals surface area contributed by atoms with Crippen LogP contribution in [-0.4, -0.2) is 22.7 Å². The highest BCUT2D eigenvalue weighted by atomic mass is 31.0. The van der Waals surface area contributed by atoms with Gasteiger partial charge in [-0.3, -0.25) is 4.57 Å². The molecule has 2 unspecified atom stereocenters. The zero-order valence-electron chi connectivity index (χ0n) is 16.3. The van der Waals surface area contributed by atoms with Gasteiger partial charge in [0.05, 0.1) is 5.52 Å². The Hall–Kier alpha value is -3.31. The highest BCUT2D eigenvalue weighted by molar-refractivity contribution is 7.17. The molecular formula is C23H19F2N2O3P. The minimum atomic E-state index is -3.37. The van der Waals surface area contributed by atoms with E-state index in [1.807, 2.05) is 42.5 Å². The molecule has 2 atom stereocenters. The Morgan fingerprint density at radius 3 is 2.65 bits per heavy atom. The van der Waals surface area contributed by atoms with Crippen molar-refractivity contribution >= 4 is 43.7 Å². The number of aldehydes is 1. The Kier molecular flexibility index (Phi) is 5.70.